The summed E-state index contributed by atoms with van der Waals surface area (Å²) >= 11 is 12.8. The summed E-state index contributed by atoms with van der Waals surface area (Å²) in [6, 6.07) is 15.6. The van der Waals surface area contributed by atoms with Crippen molar-refractivity contribution in [2.75, 3.05) is 5.32 Å². The molecule has 3 rings (SSSR count). The number of anilines is 1. The number of hydrogen-bond donors (Lipinski definition) is 2. The molecule has 116 valence electrons. The van der Waals surface area contributed by atoms with Gasteiger partial charge in [0.25, 0.3) is 0 Å². The number of nitrogens with one attached hydrogen (secondary N) is 2. The molecule has 0 atom stereocenters. The van der Waals surface area contributed by atoms with Crippen molar-refractivity contribution in [2.24, 2.45) is 5.10 Å². The number of aryl methyl sites for hydroxylation is 1. The highest BCUT2D eigenvalue weighted by atomic mass is 35.5. The van der Waals surface area contributed by atoms with Crippen LogP contribution >= 0.6 is 35.2 Å². The van der Waals surface area contributed by atoms with Gasteiger partial charge < -0.3 is 5.32 Å². The van der Waals surface area contributed by atoms with Crippen molar-refractivity contribution >= 4 is 62.3 Å². The first-order valence-electron chi connectivity index (χ1n) is 6.97. The van der Waals surface area contributed by atoms with Crippen LogP contribution in [0, 0.1) is 6.92 Å². The fourth-order valence-electron chi connectivity index (χ4n) is 2.16. The Morgan fingerprint density at radius 2 is 1.91 bits per heavy atom. The van der Waals surface area contributed by atoms with Gasteiger partial charge in [-0.2, -0.15) is 5.10 Å². The van der Waals surface area contributed by atoms with Crippen LogP contribution in [0.1, 0.15) is 10.4 Å². The molecule has 0 saturated heterocycles. The number of rotatable bonds is 3. The van der Waals surface area contributed by atoms with Crippen molar-refractivity contribution in [3.63, 3.8) is 0 Å². The second kappa shape index (κ2) is 7.08. The Kier molecular flexibility index (Phi) is 4.91. The van der Waals surface area contributed by atoms with Crippen molar-refractivity contribution in [1.29, 1.82) is 0 Å². The van der Waals surface area contributed by atoms with Gasteiger partial charge in [-0.15, -0.1) is 11.3 Å². The molecule has 0 aliphatic rings. The number of thiophene rings is 1. The Bertz CT molecular complexity index is 869. The van der Waals surface area contributed by atoms with E-state index in [1.165, 1.54) is 15.6 Å². The third-order valence-electron chi connectivity index (χ3n) is 3.33. The topological polar surface area (TPSA) is 36.4 Å². The molecular formula is C17H14ClN3S2. The summed E-state index contributed by atoms with van der Waals surface area (Å²) in [6.45, 7) is 2.10. The van der Waals surface area contributed by atoms with Crippen LogP contribution < -0.4 is 10.7 Å². The predicted octanol–water partition coefficient (Wildman–Crippen LogP) is 5.18. The van der Waals surface area contributed by atoms with Crippen molar-refractivity contribution in [1.82, 2.24) is 5.43 Å². The number of thiocarbonyl (C=S) groups is 1. The quantitative estimate of drug-likeness (QED) is 0.384. The Hall–Kier alpha value is -1.95. The van der Waals surface area contributed by atoms with Crippen molar-refractivity contribution < 1.29 is 0 Å². The van der Waals surface area contributed by atoms with E-state index in [0.29, 0.717) is 10.1 Å². The van der Waals surface area contributed by atoms with Crippen LogP contribution in [0.25, 0.3) is 10.1 Å². The average Bonchev–Trinajstić information content (AvgIpc) is 2.86. The summed E-state index contributed by atoms with van der Waals surface area (Å²) in [5.41, 5.74) is 4.92. The number of halogens is 1. The summed E-state index contributed by atoms with van der Waals surface area (Å²) in [5.74, 6) is 0. The van der Waals surface area contributed by atoms with Crippen LogP contribution in [0.5, 0.6) is 0 Å². The van der Waals surface area contributed by atoms with Gasteiger partial charge in [0.2, 0.25) is 0 Å². The lowest BCUT2D eigenvalue weighted by molar-refractivity contribution is 1.05. The summed E-state index contributed by atoms with van der Waals surface area (Å²) in [6.07, 6.45) is 1.80. The van der Waals surface area contributed by atoms with E-state index in [1.807, 2.05) is 24.3 Å². The molecule has 0 spiro atoms. The molecule has 0 amide bonds. The lowest BCUT2D eigenvalue weighted by Crippen LogP contribution is -2.23. The summed E-state index contributed by atoms with van der Waals surface area (Å²) in [7, 11) is 0. The van der Waals surface area contributed by atoms with Gasteiger partial charge in [-0.25, -0.2) is 0 Å². The van der Waals surface area contributed by atoms with E-state index >= 15 is 0 Å². The molecule has 2 aromatic carbocycles. The Labute approximate surface area is 149 Å². The van der Waals surface area contributed by atoms with Crippen LogP contribution in [0.2, 0.25) is 5.02 Å². The molecule has 2 N–H and O–H groups in total. The Morgan fingerprint density at radius 3 is 2.65 bits per heavy atom. The zero-order valence-corrected chi connectivity index (χ0v) is 14.7. The third-order valence-corrected chi connectivity index (χ3v) is 4.98. The van der Waals surface area contributed by atoms with Gasteiger partial charge in [-0.05, 0) is 60.4 Å². The number of fused-ring (bicyclic) bond motifs is 1. The van der Waals surface area contributed by atoms with Gasteiger partial charge in [0.15, 0.2) is 5.11 Å². The standard InChI is InChI=1S/C17H14ClN3S2/c1-11-14-4-2-3-5-15(14)23-16(11)10-19-21-17(22)20-13-8-6-12(18)7-9-13/h2-10H,1H3,(H2,20,21,22)/b19-10-. The minimum absolute atomic E-state index is 0.433. The average molecular weight is 360 g/mol. The first-order valence-corrected chi connectivity index (χ1v) is 8.57. The molecule has 0 aliphatic heterocycles. The maximum Gasteiger partial charge on any atom is 0.191 e. The van der Waals surface area contributed by atoms with Gasteiger partial charge in [0.05, 0.1) is 11.1 Å². The highest BCUT2D eigenvalue weighted by Crippen LogP contribution is 2.29. The van der Waals surface area contributed by atoms with E-state index in [2.05, 4.69) is 34.9 Å². The van der Waals surface area contributed by atoms with Crippen molar-refractivity contribution in [3.05, 3.63) is 64.0 Å². The second-order valence-corrected chi connectivity index (χ2v) is 6.85. The van der Waals surface area contributed by atoms with E-state index in [4.69, 9.17) is 23.8 Å². The monoisotopic (exact) mass is 359 g/mol. The molecule has 1 heterocycles. The third kappa shape index (κ3) is 3.88. The highest BCUT2D eigenvalue weighted by molar-refractivity contribution is 7.80. The van der Waals surface area contributed by atoms with E-state index < -0.39 is 0 Å². The molecule has 0 bridgehead atoms. The van der Waals surface area contributed by atoms with Gasteiger partial charge in [0.1, 0.15) is 0 Å². The molecule has 0 radical (unpaired) electrons. The number of nitrogens with zero attached hydrogens (tertiary/aromatic N) is 1. The van der Waals surface area contributed by atoms with Crippen LogP contribution in [-0.4, -0.2) is 11.3 Å². The summed E-state index contributed by atoms with van der Waals surface area (Å²) < 4.78 is 1.26. The SMILES string of the molecule is Cc1c(/C=N\NC(=S)Nc2ccc(Cl)cc2)sc2ccccc12. The van der Waals surface area contributed by atoms with Crippen LogP contribution in [0.3, 0.4) is 0 Å². The fourth-order valence-corrected chi connectivity index (χ4v) is 3.54. The number of hydrazone groups is 1. The molecule has 23 heavy (non-hydrogen) atoms. The predicted molar refractivity (Wildman–Crippen MR) is 105 cm³/mol. The van der Waals surface area contributed by atoms with Gasteiger partial charge in [-0.1, -0.05) is 29.8 Å². The molecule has 0 unspecified atom stereocenters. The molecule has 0 fully saturated rings. The summed E-state index contributed by atoms with van der Waals surface area (Å²) in [5, 5.41) is 9.65. The van der Waals surface area contributed by atoms with Crippen LogP contribution in [0.15, 0.2) is 53.6 Å². The fraction of sp³-hybridized carbons (Fsp3) is 0.0588. The van der Waals surface area contributed by atoms with E-state index in [9.17, 15) is 0 Å². The first-order chi connectivity index (χ1) is 11.1. The first kappa shape index (κ1) is 15.9. The molecule has 1 aromatic heterocycles. The Balaban J connectivity index is 1.64. The highest BCUT2D eigenvalue weighted by Gasteiger charge is 2.05. The molecule has 0 aliphatic carbocycles. The number of benzene rings is 2. The Morgan fingerprint density at radius 1 is 1.17 bits per heavy atom. The minimum atomic E-state index is 0.433. The molecule has 0 saturated carbocycles. The minimum Gasteiger partial charge on any atom is -0.331 e. The normalized spacial score (nSPS) is 11.0. The number of hydrogen-bond acceptors (Lipinski definition) is 3. The van der Waals surface area contributed by atoms with Crippen LogP contribution in [0.4, 0.5) is 5.69 Å². The van der Waals surface area contributed by atoms with Gasteiger partial charge in [0, 0.05) is 15.4 Å². The van der Waals surface area contributed by atoms with Crippen molar-refractivity contribution in [3.8, 4) is 0 Å². The van der Waals surface area contributed by atoms with E-state index in [-0.39, 0.29) is 0 Å². The lowest BCUT2D eigenvalue weighted by atomic mass is 10.1. The maximum atomic E-state index is 5.85. The molecule has 3 aromatic rings. The summed E-state index contributed by atoms with van der Waals surface area (Å²) in [4.78, 5) is 1.12. The van der Waals surface area contributed by atoms with E-state index in [0.717, 1.165) is 10.6 Å². The van der Waals surface area contributed by atoms with Gasteiger partial charge in [-0.3, -0.25) is 5.43 Å². The zero-order valence-electron chi connectivity index (χ0n) is 12.3. The van der Waals surface area contributed by atoms with Crippen molar-refractivity contribution in [2.45, 2.75) is 6.92 Å². The van der Waals surface area contributed by atoms with Gasteiger partial charge >= 0.3 is 0 Å². The second-order valence-electron chi connectivity index (χ2n) is 4.92. The maximum absolute atomic E-state index is 5.85. The largest absolute Gasteiger partial charge is 0.331 e. The molecule has 3 nitrogen and oxygen atoms in total. The molecular weight excluding hydrogens is 346 g/mol. The zero-order chi connectivity index (χ0) is 16.2. The van der Waals surface area contributed by atoms with Crippen LogP contribution in [-0.2, 0) is 0 Å². The molecule has 6 heteroatoms. The van der Waals surface area contributed by atoms with E-state index in [1.54, 1.807) is 29.7 Å². The lowest BCUT2D eigenvalue weighted by Gasteiger charge is -2.06. The smallest absolute Gasteiger partial charge is 0.191 e.